The molecule has 1 N–H and O–H groups in total. The van der Waals surface area contributed by atoms with Crippen LogP contribution < -0.4 is 5.32 Å². The summed E-state index contributed by atoms with van der Waals surface area (Å²) in [6.45, 7) is 0.491. The molecule has 2 rings (SSSR count). The van der Waals surface area contributed by atoms with Crippen LogP contribution in [0.2, 0.25) is 0 Å². The summed E-state index contributed by atoms with van der Waals surface area (Å²) < 4.78 is 35.9. The van der Waals surface area contributed by atoms with Gasteiger partial charge in [0.2, 0.25) is 0 Å². The summed E-state index contributed by atoms with van der Waals surface area (Å²) in [4.78, 5) is 0. The molecule has 0 amide bonds. The number of benzene rings is 1. The number of nitrogens with one attached hydrogen (secondary N) is 1. The van der Waals surface area contributed by atoms with Crippen molar-refractivity contribution in [3.05, 3.63) is 45.5 Å². The predicted octanol–water partition coefficient (Wildman–Crippen LogP) is 1.99. The Labute approximate surface area is 108 Å². The summed E-state index contributed by atoms with van der Waals surface area (Å²) in [6.07, 6.45) is 1.63. The normalized spacial score (nSPS) is 21.9. The molecule has 0 fully saturated rings. The van der Waals surface area contributed by atoms with Crippen molar-refractivity contribution in [1.29, 1.82) is 0 Å². The molecular weight excluding hydrogens is 309 g/mol. The van der Waals surface area contributed by atoms with Crippen molar-refractivity contribution < 1.29 is 12.8 Å². The fraction of sp³-hybridized carbons (Fsp3) is 0.273. The van der Waals surface area contributed by atoms with Crippen LogP contribution in [0.4, 0.5) is 4.39 Å². The topological polar surface area (TPSA) is 46.2 Å². The highest BCUT2D eigenvalue weighted by Crippen LogP contribution is 2.18. The lowest BCUT2D eigenvalue weighted by Gasteiger charge is -2.11. The monoisotopic (exact) mass is 319 g/mol. The lowest BCUT2D eigenvalue weighted by atomic mass is 10.2. The van der Waals surface area contributed by atoms with Crippen LogP contribution in [0.5, 0.6) is 0 Å². The maximum Gasteiger partial charge on any atom is 0.173 e. The number of rotatable bonds is 3. The van der Waals surface area contributed by atoms with E-state index in [1.54, 1.807) is 12.1 Å². The standard InChI is InChI=1S/C11H11BrFNO2S/c12-11-5-9(13)2-1-8(11)6-14-10-3-4-17(15,16)7-10/h1-5,10,14H,6-7H2. The molecule has 0 bridgehead atoms. The molecule has 3 nitrogen and oxygen atoms in total. The fourth-order valence-corrected chi connectivity index (χ4v) is 3.37. The Morgan fingerprint density at radius 1 is 1.47 bits per heavy atom. The van der Waals surface area contributed by atoms with Crippen LogP contribution in [-0.4, -0.2) is 20.2 Å². The first-order chi connectivity index (χ1) is 7.96. The van der Waals surface area contributed by atoms with E-state index in [2.05, 4.69) is 21.2 Å². The number of hydrogen-bond acceptors (Lipinski definition) is 3. The molecule has 1 aromatic carbocycles. The molecule has 0 saturated heterocycles. The van der Waals surface area contributed by atoms with Gasteiger partial charge in [0.05, 0.1) is 5.75 Å². The van der Waals surface area contributed by atoms with Crippen LogP contribution in [0.1, 0.15) is 5.56 Å². The maximum absolute atomic E-state index is 12.8. The van der Waals surface area contributed by atoms with Gasteiger partial charge in [-0.05, 0) is 17.7 Å². The average Bonchev–Trinajstić information content (AvgIpc) is 2.57. The van der Waals surface area contributed by atoms with Crippen LogP contribution in [-0.2, 0) is 16.4 Å². The van der Waals surface area contributed by atoms with Gasteiger partial charge in [0.1, 0.15) is 5.82 Å². The summed E-state index contributed by atoms with van der Waals surface area (Å²) in [5, 5.41) is 4.32. The van der Waals surface area contributed by atoms with E-state index in [0.717, 1.165) is 5.56 Å². The first kappa shape index (κ1) is 12.7. The minimum absolute atomic E-state index is 0.0891. The lowest BCUT2D eigenvalue weighted by molar-refractivity contribution is 0.589. The Kier molecular flexibility index (Phi) is 3.65. The van der Waals surface area contributed by atoms with E-state index in [0.29, 0.717) is 11.0 Å². The van der Waals surface area contributed by atoms with Gasteiger partial charge in [-0.15, -0.1) is 0 Å². The Bertz CT molecular complexity index is 557. The zero-order valence-corrected chi connectivity index (χ0v) is 11.3. The predicted molar refractivity (Wildman–Crippen MR) is 67.7 cm³/mol. The molecule has 1 atom stereocenters. The van der Waals surface area contributed by atoms with E-state index in [1.165, 1.54) is 17.5 Å². The summed E-state index contributed by atoms with van der Waals surface area (Å²) in [7, 11) is -3.03. The van der Waals surface area contributed by atoms with Crippen molar-refractivity contribution in [2.75, 3.05) is 5.75 Å². The van der Waals surface area contributed by atoms with E-state index >= 15 is 0 Å². The van der Waals surface area contributed by atoms with Gasteiger partial charge >= 0.3 is 0 Å². The van der Waals surface area contributed by atoms with Gasteiger partial charge in [-0.2, -0.15) is 0 Å². The summed E-state index contributed by atoms with van der Waals surface area (Å²) >= 11 is 3.26. The summed E-state index contributed by atoms with van der Waals surface area (Å²) in [6, 6.07) is 4.26. The third kappa shape index (κ3) is 3.37. The van der Waals surface area contributed by atoms with Crippen LogP contribution in [0.3, 0.4) is 0 Å². The van der Waals surface area contributed by atoms with Gasteiger partial charge in [0.25, 0.3) is 0 Å². The first-order valence-electron chi connectivity index (χ1n) is 5.04. The fourth-order valence-electron chi connectivity index (χ4n) is 1.61. The Balaban J connectivity index is 1.97. The zero-order valence-electron chi connectivity index (χ0n) is 8.86. The molecule has 6 heteroatoms. The molecule has 0 saturated carbocycles. The van der Waals surface area contributed by atoms with Gasteiger partial charge in [-0.1, -0.05) is 28.1 Å². The van der Waals surface area contributed by atoms with E-state index in [4.69, 9.17) is 0 Å². The van der Waals surface area contributed by atoms with Crippen LogP contribution >= 0.6 is 15.9 Å². The quantitative estimate of drug-likeness (QED) is 0.926. The second kappa shape index (κ2) is 4.88. The van der Waals surface area contributed by atoms with Crippen molar-refractivity contribution in [3.8, 4) is 0 Å². The third-order valence-corrected chi connectivity index (χ3v) is 4.63. The third-order valence-electron chi connectivity index (χ3n) is 2.50. The molecule has 1 aromatic rings. The van der Waals surface area contributed by atoms with E-state index in [1.807, 2.05) is 0 Å². The lowest BCUT2D eigenvalue weighted by Crippen LogP contribution is -2.29. The SMILES string of the molecule is O=S1(=O)C=CC(NCc2ccc(F)cc2Br)C1. The van der Waals surface area contributed by atoms with Crippen LogP contribution in [0, 0.1) is 5.82 Å². The van der Waals surface area contributed by atoms with E-state index in [9.17, 15) is 12.8 Å². The highest BCUT2D eigenvalue weighted by molar-refractivity contribution is 9.10. The molecule has 1 heterocycles. The number of hydrogen-bond donors (Lipinski definition) is 1. The van der Waals surface area contributed by atoms with Crippen LogP contribution in [0.15, 0.2) is 34.2 Å². The van der Waals surface area contributed by atoms with Gasteiger partial charge in [0, 0.05) is 22.5 Å². The van der Waals surface area contributed by atoms with E-state index < -0.39 is 9.84 Å². The second-order valence-electron chi connectivity index (χ2n) is 3.88. The molecule has 0 aliphatic carbocycles. The van der Waals surface area contributed by atoms with Crippen LogP contribution in [0.25, 0.3) is 0 Å². The first-order valence-corrected chi connectivity index (χ1v) is 7.55. The molecule has 0 radical (unpaired) electrons. The van der Waals surface area contributed by atoms with Gasteiger partial charge in [-0.3, -0.25) is 0 Å². The Hall–Kier alpha value is -0.720. The van der Waals surface area contributed by atoms with Crippen molar-refractivity contribution in [3.63, 3.8) is 0 Å². The largest absolute Gasteiger partial charge is 0.305 e. The second-order valence-corrected chi connectivity index (χ2v) is 6.67. The smallest absolute Gasteiger partial charge is 0.173 e. The van der Waals surface area contributed by atoms with Crippen molar-refractivity contribution in [2.24, 2.45) is 0 Å². The molecule has 92 valence electrons. The van der Waals surface area contributed by atoms with E-state index in [-0.39, 0.29) is 17.6 Å². The highest BCUT2D eigenvalue weighted by atomic mass is 79.9. The van der Waals surface area contributed by atoms with Gasteiger partial charge < -0.3 is 5.32 Å². The Morgan fingerprint density at radius 2 is 2.24 bits per heavy atom. The molecule has 0 spiro atoms. The molecule has 17 heavy (non-hydrogen) atoms. The van der Waals surface area contributed by atoms with Crippen molar-refractivity contribution >= 4 is 25.8 Å². The number of halogens is 2. The molecule has 1 unspecified atom stereocenters. The molecule has 1 aliphatic rings. The minimum Gasteiger partial charge on any atom is -0.305 e. The van der Waals surface area contributed by atoms with Crippen molar-refractivity contribution in [1.82, 2.24) is 5.32 Å². The number of sulfone groups is 1. The maximum atomic E-state index is 12.8. The van der Waals surface area contributed by atoms with Crippen molar-refractivity contribution in [2.45, 2.75) is 12.6 Å². The molecular formula is C11H11BrFNO2S. The zero-order chi connectivity index (χ0) is 12.5. The Morgan fingerprint density at radius 3 is 2.82 bits per heavy atom. The average molecular weight is 320 g/mol. The van der Waals surface area contributed by atoms with Gasteiger partial charge in [-0.25, -0.2) is 12.8 Å². The van der Waals surface area contributed by atoms with Gasteiger partial charge in [0.15, 0.2) is 9.84 Å². The summed E-state index contributed by atoms with van der Waals surface area (Å²) in [5.74, 6) is -0.213. The molecule has 0 aromatic heterocycles. The summed E-state index contributed by atoms with van der Waals surface area (Å²) in [5.41, 5.74) is 0.893. The minimum atomic E-state index is -3.03. The highest BCUT2D eigenvalue weighted by Gasteiger charge is 2.20. The molecule has 1 aliphatic heterocycles.